The van der Waals surface area contributed by atoms with Gasteiger partial charge in [0.25, 0.3) is 0 Å². The maximum atomic E-state index is 12.3. The maximum Gasteiger partial charge on any atom is 0.241 e. The minimum Gasteiger partial charge on any atom is -0.315 e. The second-order valence-electron chi connectivity index (χ2n) is 4.88. The molecule has 0 radical (unpaired) electrons. The third-order valence-electron chi connectivity index (χ3n) is 3.39. The summed E-state index contributed by atoms with van der Waals surface area (Å²) in [6, 6.07) is 1.78. The van der Waals surface area contributed by atoms with E-state index in [0.717, 1.165) is 22.6 Å². The normalized spacial score (nSPS) is 17.6. The van der Waals surface area contributed by atoms with Gasteiger partial charge in [0.1, 0.15) is 0 Å². The quantitative estimate of drug-likeness (QED) is 0.806. The molecule has 1 aliphatic carbocycles. The lowest BCUT2D eigenvalue weighted by Gasteiger charge is -2.13. The van der Waals surface area contributed by atoms with Gasteiger partial charge in [0.15, 0.2) is 0 Å². The molecule has 0 bridgehead atoms. The van der Waals surface area contributed by atoms with Crippen molar-refractivity contribution in [1.29, 1.82) is 0 Å². The molecule has 1 fully saturated rings. The molecule has 0 aliphatic heterocycles. The summed E-state index contributed by atoms with van der Waals surface area (Å²) in [6.45, 7) is 3.10. The lowest BCUT2D eigenvalue weighted by molar-refractivity contribution is 0.579. The molecule has 2 rings (SSSR count). The first-order chi connectivity index (χ1) is 8.92. The van der Waals surface area contributed by atoms with E-state index >= 15 is 0 Å². The van der Waals surface area contributed by atoms with Crippen LogP contribution in [0.1, 0.15) is 22.6 Å². The highest BCUT2D eigenvalue weighted by Crippen LogP contribution is 2.46. The number of nitrogens with one attached hydrogen (secondary N) is 2. The third-order valence-corrected chi connectivity index (χ3v) is 7.51. The van der Waals surface area contributed by atoms with E-state index in [1.807, 2.05) is 20.2 Å². The summed E-state index contributed by atoms with van der Waals surface area (Å²) in [7, 11) is -1.51. The summed E-state index contributed by atoms with van der Waals surface area (Å²) < 4.78 is 27.6. The van der Waals surface area contributed by atoms with Gasteiger partial charge < -0.3 is 5.32 Å². The number of rotatable bonds is 7. The lowest BCUT2D eigenvalue weighted by atomic mass is 10.4. The molecule has 19 heavy (non-hydrogen) atoms. The van der Waals surface area contributed by atoms with Crippen molar-refractivity contribution in [2.75, 3.05) is 19.8 Å². The first-order valence-electron chi connectivity index (χ1n) is 6.21. The second-order valence-corrected chi connectivity index (χ2v) is 9.23. The van der Waals surface area contributed by atoms with Crippen molar-refractivity contribution < 1.29 is 8.42 Å². The molecule has 0 amide bonds. The largest absolute Gasteiger partial charge is 0.315 e. The molecule has 1 aromatic heterocycles. The van der Waals surface area contributed by atoms with Crippen molar-refractivity contribution in [3.05, 3.63) is 15.8 Å². The smallest absolute Gasteiger partial charge is 0.241 e. The van der Waals surface area contributed by atoms with Gasteiger partial charge in [0.05, 0.1) is 4.90 Å². The van der Waals surface area contributed by atoms with E-state index in [1.165, 1.54) is 11.3 Å². The highest BCUT2D eigenvalue weighted by Gasteiger charge is 2.42. The van der Waals surface area contributed by atoms with Crippen LogP contribution in [0.2, 0.25) is 0 Å². The van der Waals surface area contributed by atoms with Gasteiger partial charge in [-0.3, -0.25) is 0 Å². The SMILES string of the molecule is CNCc1cc(S(=O)(=O)NCC2(SC)CC2)c(C)s1. The molecule has 0 unspecified atom stereocenters. The molecule has 1 saturated carbocycles. The highest BCUT2D eigenvalue weighted by atomic mass is 32.2. The van der Waals surface area contributed by atoms with E-state index in [9.17, 15) is 8.42 Å². The first-order valence-corrected chi connectivity index (χ1v) is 9.74. The predicted octanol–water partition coefficient (Wildman–Crippen LogP) is 1.95. The molecule has 108 valence electrons. The zero-order valence-corrected chi connectivity index (χ0v) is 13.9. The van der Waals surface area contributed by atoms with Crippen LogP contribution in [0.3, 0.4) is 0 Å². The third kappa shape index (κ3) is 3.52. The van der Waals surface area contributed by atoms with Crippen LogP contribution in [0.15, 0.2) is 11.0 Å². The number of aryl methyl sites for hydroxylation is 1. The Labute approximate surface area is 123 Å². The van der Waals surface area contributed by atoms with E-state index in [4.69, 9.17) is 0 Å². The van der Waals surface area contributed by atoms with E-state index in [2.05, 4.69) is 10.0 Å². The van der Waals surface area contributed by atoms with Gasteiger partial charge in [-0.05, 0) is 39.1 Å². The minimum absolute atomic E-state index is 0.144. The van der Waals surface area contributed by atoms with Crippen LogP contribution < -0.4 is 10.0 Å². The Morgan fingerprint density at radius 3 is 2.68 bits per heavy atom. The summed E-state index contributed by atoms with van der Waals surface area (Å²) in [5, 5.41) is 3.04. The Morgan fingerprint density at radius 1 is 1.47 bits per heavy atom. The van der Waals surface area contributed by atoms with Crippen LogP contribution in [0.4, 0.5) is 0 Å². The van der Waals surface area contributed by atoms with Crippen molar-refractivity contribution in [1.82, 2.24) is 10.0 Å². The Bertz CT molecular complexity index is 547. The van der Waals surface area contributed by atoms with Crippen LogP contribution in [-0.4, -0.2) is 33.0 Å². The van der Waals surface area contributed by atoms with Crippen molar-refractivity contribution in [3.63, 3.8) is 0 Å². The number of sulfonamides is 1. The first kappa shape index (κ1) is 15.3. The van der Waals surface area contributed by atoms with Crippen LogP contribution in [0.5, 0.6) is 0 Å². The molecule has 2 N–H and O–H groups in total. The van der Waals surface area contributed by atoms with Crippen molar-refractivity contribution >= 4 is 33.1 Å². The fourth-order valence-electron chi connectivity index (χ4n) is 1.95. The monoisotopic (exact) mass is 320 g/mol. The Hall–Kier alpha value is -0.0800. The van der Waals surface area contributed by atoms with Crippen molar-refractivity contribution in [2.24, 2.45) is 0 Å². The zero-order valence-electron chi connectivity index (χ0n) is 11.4. The van der Waals surface area contributed by atoms with Gasteiger partial charge in [-0.25, -0.2) is 13.1 Å². The topological polar surface area (TPSA) is 58.2 Å². The molecular weight excluding hydrogens is 300 g/mol. The fourth-order valence-corrected chi connectivity index (χ4v) is 5.54. The summed E-state index contributed by atoms with van der Waals surface area (Å²) in [5.41, 5.74) is 0. The van der Waals surface area contributed by atoms with Gasteiger partial charge in [0.2, 0.25) is 10.0 Å². The Balaban J connectivity index is 2.10. The lowest BCUT2D eigenvalue weighted by Crippen LogP contribution is -2.31. The van der Waals surface area contributed by atoms with Gasteiger partial charge in [0, 0.05) is 27.6 Å². The molecule has 0 spiro atoms. The average Bonchev–Trinajstić information content (AvgIpc) is 3.05. The van der Waals surface area contributed by atoms with Crippen LogP contribution in [0, 0.1) is 6.92 Å². The molecular formula is C12H20N2O2S3. The van der Waals surface area contributed by atoms with Crippen LogP contribution in [-0.2, 0) is 16.6 Å². The van der Waals surface area contributed by atoms with Gasteiger partial charge in [-0.1, -0.05) is 0 Å². The van der Waals surface area contributed by atoms with Gasteiger partial charge in [-0.15, -0.1) is 11.3 Å². The van der Waals surface area contributed by atoms with Crippen molar-refractivity contribution in [2.45, 2.75) is 36.0 Å². The summed E-state index contributed by atoms with van der Waals surface area (Å²) >= 11 is 3.29. The fraction of sp³-hybridized carbons (Fsp3) is 0.667. The molecule has 1 aromatic rings. The molecule has 1 heterocycles. The number of hydrogen-bond acceptors (Lipinski definition) is 5. The van der Waals surface area contributed by atoms with E-state index in [-0.39, 0.29) is 4.75 Å². The average molecular weight is 321 g/mol. The number of thioether (sulfide) groups is 1. The van der Waals surface area contributed by atoms with Gasteiger partial charge >= 0.3 is 0 Å². The van der Waals surface area contributed by atoms with E-state index in [0.29, 0.717) is 18.0 Å². The molecule has 7 heteroatoms. The Morgan fingerprint density at radius 2 is 2.16 bits per heavy atom. The van der Waals surface area contributed by atoms with Crippen molar-refractivity contribution in [3.8, 4) is 0 Å². The summed E-state index contributed by atoms with van der Waals surface area (Å²) in [5.74, 6) is 0. The Kier molecular flexibility index (Phi) is 4.62. The van der Waals surface area contributed by atoms with E-state index in [1.54, 1.807) is 17.8 Å². The predicted molar refractivity (Wildman–Crippen MR) is 82.5 cm³/mol. The standard InChI is InChI=1S/C12H20N2O2S3/c1-9-11(6-10(18-9)7-13-2)19(15,16)14-8-12(17-3)4-5-12/h6,13-14H,4-5,7-8H2,1-3H3. The zero-order chi connectivity index (χ0) is 14.1. The minimum atomic E-state index is -3.37. The van der Waals surface area contributed by atoms with E-state index < -0.39 is 10.0 Å². The molecule has 0 saturated heterocycles. The summed E-state index contributed by atoms with van der Waals surface area (Å²) in [4.78, 5) is 2.33. The number of hydrogen-bond donors (Lipinski definition) is 2. The van der Waals surface area contributed by atoms with Crippen LogP contribution >= 0.6 is 23.1 Å². The molecule has 4 nitrogen and oxygen atoms in total. The van der Waals surface area contributed by atoms with Gasteiger partial charge in [-0.2, -0.15) is 11.8 Å². The highest BCUT2D eigenvalue weighted by molar-refractivity contribution is 8.00. The van der Waals surface area contributed by atoms with Crippen LogP contribution in [0.25, 0.3) is 0 Å². The molecule has 1 aliphatic rings. The maximum absolute atomic E-state index is 12.3. The number of thiophene rings is 1. The summed E-state index contributed by atoms with van der Waals surface area (Å²) in [6.07, 6.45) is 4.25. The molecule has 0 atom stereocenters. The molecule has 0 aromatic carbocycles. The second kappa shape index (κ2) is 5.73.